The molecule has 0 bridgehead atoms. The summed E-state index contributed by atoms with van der Waals surface area (Å²) in [6.45, 7) is 2.94. The van der Waals surface area contributed by atoms with Crippen molar-refractivity contribution in [3.63, 3.8) is 0 Å². The smallest absolute Gasteiger partial charge is 0.330 e. The van der Waals surface area contributed by atoms with Crippen molar-refractivity contribution in [3.05, 3.63) is 36.3 Å². The highest BCUT2D eigenvalue weighted by molar-refractivity contribution is 5.99. The minimum absolute atomic E-state index is 0.215. The highest BCUT2D eigenvalue weighted by Crippen LogP contribution is 2.20. The number of carbonyl (C=O) groups is 2. The summed E-state index contributed by atoms with van der Waals surface area (Å²) in [5.74, 6) is -0.757. The van der Waals surface area contributed by atoms with Gasteiger partial charge in [-0.2, -0.15) is 10.2 Å². The third kappa shape index (κ3) is 3.60. The molecule has 1 amide bonds. The molecule has 0 unspecified atom stereocenters. The van der Waals surface area contributed by atoms with Crippen molar-refractivity contribution in [1.29, 1.82) is 0 Å². The van der Waals surface area contributed by atoms with Crippen LogP contribution in [0.15, 0.2) is 30.7 Å². The molecule has 8 heteroatoms. The van der Waals surface area contributed by atoms with Crippen LogP contribution in [-0.2, 0) is 16.1 Å². The number of nitrogens with zero attached hydrogens (tertiary/aromatic N) is 3. The summed E-state index contributed by atoms with van der Waals surface area (Å²) in [5.41, 5.74) is 1.81. The molecule has 2 heterocycles. The van der Waals surface area contributed by atoms with Crippen molar-refractivity contribution >= 4 is 11.9 Å². The van der Waals surface area contributed by atoms with E-state index in [1.54, 1.807) is 10.9 Å². The molecule has 0 fully saturated rings. The van der Waals surface area contributed by atoms with E-state index in [9.17, 15) is 9.59 Å². The van der Waals surface area contributed by atoms with Gasteiger partial charge in [0.1, 0.15) is 0 Å². The Morgan fingerprint density at radius 1 is 1.45 bits per heavy atom. The topological polar surface area (TPSA) is 102 Å². The number of ether oxygens (including phenoxy) is 1. The van der Waals surface area contributed by atoms with Crippen molar-refractivity contribution in [3.8, 4) is 11.3 Å². The van der Waals surface area contributed by atoms with Gasteiger partial charge in [-0.05, 0) is 6.92 Å². The zero-order chi connectivity index (χ0) is 15.9. The molecule has 0 aliphatic rings. The zero-order valence-electron chi connectivity index (χ0n) is 12.4. The quantitative estimate of drug-likeness (QED) is 0.605. The van der Waals surface area contributed by atoms with Crippen LogP contribution in [0.4, 0.5) is 0 Å². The molecule has 0 saturated carbocycles. The van der Waals surface area contributed by atoms with E-state index in [1.807, 2.05) is 13.1 Å². The van der Waals surface area contributed by atoms with Gasteiger partial charge in [0.15, 0.2) is 0 Å². The fourth-order valence-corrected chi connectivity index (χ4v) is 1.81. The first-order chi connectivity index (χ1) is 10.7. The van der Waals surface area contributed by atoms with Gasteiger partial charge in [0.25, 0.3) is 5.91 Å². The van der Waals surface area contributed by atoms with E-state index >= 15 is 0 Å². The normalized spacial score (nSPS) is 10.8. The Hall–Kier alpha value is -2.90. The van der Waals surface area contributed by atoms with Crippen molar-refractivity contribution in [1.82, 2.24) is 25.3 Å². The van der Waals surface area contributed by atoms with Crippen molar-refractivity contribution < 1.29 is 14.3 Å². The van der Waals surface area contributed by atoms with E-state index in [1.165, 1.54) is 25.5 Å². The summed E-state index contributed by atoms with van der Waals surface area (Å²) in [6, 6.07) is 0. The van der Waals surface area contributed by atoms with Gasteiger partial charge < -0.3 is 10.1 Å². The second-order valence-corrected chi connectivity index (χ2v) is 4.38. The van der Waals surface area contributed by atoms with E-state index in [4.69, 9.17) is 0 Å². The summed E-state index contributed by atoms with van der Waals surface area (Å²) in [6.07, 6.45) is 7.73. The van der Waals surface area contributed by atoms with Gasteiger partial charge in [0.05, 0.1) is 30.8 Å². The number of H-pyrrole nitrogens is 1. The molecule has 22 heavy (non-hydrogen) atoms. The number of carbonyl (C=O) groups excluding carboxylic acids is 2. The maximum Gasteiger partial charge on any atom is 0.330 e. The number of aromatic amines is 1. The van der Waals surface area contributed by atoms with Gasteiger partial charge in [-0.15, -0.1) is 0 Å². The Balaban J connectivity index is 2.04. The molecule has 116 valence electrons. The number of aryl methyl sites for hydroxylation is 1. The van der Waals surface area contributed by atoms with Gasteiger partial charge in [-0.25, -0.2) is 4.79 Å². The maximum absolute atomic E-state index is 12.1. The molecule has 2 aromatic heterocycles. The van der Waals surface area contributed by atoms with E-state index in [0.29, 0.717) is 11.3 Å². The van der Waals surface area contributed by atoms with E-state index in [0.717, 1.165) is 12.1 Å². The number of esters is 1. The Morgan fingerprint density at radius 2 is 2.27 bits per heavy atom. The monoisotopic (exact) mass is 303 g/mol. The molecule has 0 saturated heterocycles. The standard InChI is InChI=1S/C14H17N5O3/c1-3-19-9-10(7-17-19)13-11(8-16-18-13)14(21)15-6-4-5-12(20)22-2/h4-5,7-9H,3,6H2,1-2H3,(H,15,21)(H,16,18)/b5-4+. The number of hydrogen-bond donors (Lipinski definition) is 2. The van der Waals surface area contributed by atoms with Crippen molar-refractivity contribution in [2.24, 2.45) is 0 Å². The van der Waals surface area contributed by atoms with Crippen LogP contribution in [0.2, 0.25) is 0 Å². The minimum atomic E-state index is -0.467. The third-order valence-corrected chi connectivity index (χ3v) is 2.97. The first-order valence-corrected chi connectivity index (χ1v) is 6.74. The Bertz CT molecular complexity index is 686. The van der Waals surface area contributed by atoms with Gasteiger partial charge in [0.2, 0.25) is 0 Å². The molecule has 2 N–H and O–H groups in total. The van der Waals surface area contributed by atoms with Crippen molar-refractivity contribution in [2.75, 3.05) is 13.7 Å². The van der Waals surface area contributed by atoms with Gasteiger partial charge in [-0.3, -0.25) is 14.6 Å². The fraction of sp³-hybridized carbons (Fsp3) is 0.286. The summed E-state index contributed by atoms with van der Waals surface area (Å²) >= 11 is 0. The molecular weight excluding hydrogens is 286 g/mol. The molecule has 0 aliphatic heterocycles. The van der Waals surface area contributed by atoms with Crippen LogP contribution in [0.3, 0.4) is 0 Å². The van der Waals surface area contributed by atoms with E-state index in [-0.39, 0.29) is 12.5 Å². The van der Waals surface area contributed by atoms with Crippen LogP contribution in [0.25, 0.3) is 11.3 Å². The summed E-state index contributed by atoms with van der Waals surface area (Å²) < 4.78 is 6.22. The van der Waals surface area contributed by atoms with Crippen LogP contribution >= 0.6 is 0 Å². The number of amides is 1. The number of hydrogen-bond acceptors (Lipinski definition) is 5. The van der Waals surface area contributed by atoms with Gasteiger partial charge in [0, 0.05) is 30.9 Å². The van der Waals surface area contributed by atoms with Crippen LogP contribution < -0.4 is 5.32 Å². The highest BCUT2D eigenvalue weighted by atomic mass is 16.5. The molecule has 0 radical (unpaired) electrons. The fourth-order valence-electron chi connectivity index (χ4n) is 1.81. The minimum Gasteiger partial charge on any atom is -0.466 e. The number of aromatic nitrogens is 4. The average Bonchev–Trinajstić information content (AvgIpc) is 3.18. The second-order valence-electron chi connectivity index (χ2n) is 4.38. The lowest BCUT2D eigenvalue weighted by atomic mass is 10.1. The lowest BCUT2D eigenvalue weighted by Crippen LogP contribution is -2.23. The lowest BCUT2D eigenvalue weighted by molar-refractivity contribution is -0.134. The highest BCUT2D eigenvalue weighted by Gasteiger charge is 2.15. The number of nitrogens with one attached hydrogen (secondary N) is 2. The summed E-state index contributed by atoms with van der Waals surface area (Å²) in [7, 11) is 1.29. The molecule has 0 atom stereocenters. The largest absolute Gasteiger partial charge is 0.466 e. The molecule has 0 spiro atoms. The Kier molecular flexibility index (Phi) is 5.07. The first kappa shape index (κ1) is 15.5. The zero-order valence-corrected chi connectivity index (χ0v) is 12.4. The SMILES string of the molecule is CCn1cc(-c2[nH]ncc2C(=O)NC/C=C/C(=O)OC)cn1. The van der Waals surface area contributed by atoms with E-state index < -0.39 is 5.97 Å². The molecule has 8 nitrogen and oxygen atoms in total. The molecule has 2 rings (SSSR count). The van der Waals surface area contributed by atoms with Gasteiger partial charge >= 0.3 is 5.97 Å². The predicted octanol–water partition coefficient (Wildman–Crippen LogP) is 0.752. The molecule has 2 aromatic rings. The average molecular weight is 303 g/mol. The van der Waals surface area contributed by atoms with Crippen LogP contribution in [0.5, 0.6) is 0 Å². The van der Waals surface area contributed by atoms with Crippen LogP contribution in [0.1, 0.15) is 17.3 Å². The second kappa shape index (κ2) is 7.21. The Morgan fingerprint density at radius 3 is 2.95 bits per heavy atom. The predicted molar refractivity (Wildman–Crippen MR) is 79.0 cm³/mol. The van der Waals surface area contributed by atoms with Gasteiger partial charge in [-0.1, -0.05) is 6.08 Å². The molecule has 0 aliphatic carbocycles. The first-order valence-electron chi connectivity index (χ1n) is 6.74. The third-order valence-electron chi connectivity index (χ3n) is 2.97. The van der Waals surface area contributed by atoms with Crippen LogP contribution in [0, 0.1) is 0 Å². The summed E-state index contributed by atoms with van der Waals surface area (Å²) in [4.78, 5) is 23.1. The molecule has 0 aromatic carbocycles. The van der Waals surface area contributed by atoms with Crippen molar-refractivity contribution in [2.45, 2.75) is 13.5 Å². The summed E-state index contributed by atoms with van der Waals surface area (Å²) in [5, 5.41) is 13.6. The lowest BCUT2D eigenvalue weighted by Gasteiger charge is -2.02. The Labute approximate surface area is 127 Å². The molecular formula is C14H17N5O3. The van der Waals surface area contributed by atoms with Crippen LogP contribution in [-0.4, -0.2) is 45.5 Å². The number of rotatable bonds is 6. The number of methoxy groups -OCH3 is 1. The maximum atomic E-state index is 12.1. The van der Waals surface area contributed by atoms with E-state index in [2.05, 4.69) is 25.3 Å².